The monoisotopic (exact) mass is 288 g/mol. The van der Waals surface area contributed by atoms with Crippen molar-refractivity contribution >= 4 is 22.3 Å². The molecule has 1 aliphatic heterocycles. The highest BCUT2D eigenvalue weighted by molar-refractivity contribution is 5.98. The van der Waals surface area contributed by atoms with Crippen molar-refractivity contribution in [3.8, 4) is 0 Å². The molecule has 0 saturated carbocycles. The summed E-state index contributed by atoms with van der Waals surface area (Å²) in [5, 5.41) is 4.05. The Morgan fingerprint density at radius 2 is 2.38 bits per heavy atom. The number of nitrogens with zero attached hydrogens (tertiary/aromatic N) is 2. The third-order valence-corrected chi connectivity index (χ3v) is 4.17. The molecule has 21 heavy (non-hydrogen) atoms. The van der Waals surface area contributed by atoms with E-state index in [1.165, 1.54) is 18.9 Å². The summed E-state index contributed by atoms with van der Waals surface area (Å²) in [6.45, 7) is 2.96. The molecule has 1 saturated heterocycles. The number of likely N-dealkylation sites (tertiary alicyclic amines) is 1. The highest BCUT2D eigenvalue weighted by Gasteiger charge is 2.18. The fourth-order valence-electron chi connectivity index (χ4n) is 3.09. The molecule has 1 unspecified atom stereocenters. The lowest BCUT2D eigenvalue weighted by atomic mass is 9.98. The number of aromatic nitrogens is 1. The van der Waals surface area contributed by atoms with Gasteiger partial charge in [-0.05, 0) is 50.6 Å². The molecular formula is C16H21FN4. The summed E-state index contributed by atoms with van der Waals surface area (Å²) in [5.41, 5.74) is 7.37. The average molecular weight is 288 g/mol. The van der Waals surface area contributed by atoms with Crippen LogP contribution in [-0.2, 0) is 0 Å². The van der Waals surface area contributed by atoms with Crippen molar-refractivity contribution in [1.82, 2.24) is 9.88 Å². The van der Waals surface area contributed by atoms with Crippen LogP contribution >= 0.6 is 0 Å². The Labute approximate surface area is 124 Å². The molecular weight excluding hydrogens is 267 g/mol. The summed E-state index contributed by atoms with van der Waals surface area (Å²) in [6, 6.07) is 5.06. The Morgan fingerprint density at radius 3 is 3.19 bits per heavy atom. The quantitative estimate of drug-likeness (QED) is 0.853. The molecule has 3 N–H and O–H groups in total. The predicted octanol–water partition coefficient (Wildman–Crippen LogP) is 2.71. The van der Waals surface area contributed by atoms with Gasteiger partial charge in [-0.2, -0.15) is 0 Å². The van der Waals surface area contributed by atoms with E-state index in [0.717, 1.165) is 25.0 Å². The number of benzene rings is 1. The molecule has 4 nitrogen and oxygen atoms in total. The van der Waals surface area contributed by atoms with Crippen LogP contribution in [0.2, 0.25) is 0 Å². The zero-order valence-electron chi connectivity index (χ0n) is 12.3. The first-order valence-electron chi connectivity index (χ1n) is 7.40. The summed E-state index contributed by atoms with van der Waals surface area (Å²) in [6.07, 6.45) is 4.05. The number of piperidine rings is 1. The van der Waals surface area contributed by atoms with Gasteiger partial charge in [0.15, 0.2) is 5.82 Å². The van der Waals surface area contributed by atoms with E-state index in [1.54, 1.807) is 6.20 Å². The van der Waals surface area contributed by atoms with E-state index in [0.29, 0.717) is 22.8 Å². The third-order valence-electron chi connectivity index (χ3n) is 4.17. The summed E-state index contributed by atoms with van der Waals surface area (Å²) in [4.78, 5) is 6.61. The number of nitrogens with two attached hydrogens (primary N) is 1. The second kappa shape index (κ2) is 5.85. The number of hydrogen-bond acceptors (Lipinski definition) is 4. The van der Waals surface area contributed by atoms with Gasteiger partial charge in [-0.15, -0.1) is 0 Å². The van der Waals surface area contributed by atoms with Crippen molar-refractivity contribution in [2.45, 2.75) is 12.8 Å². The highest BCUT2D eigenvalue weighted by atomic mass is 19.1. The molecule has 0 radical (unpaired) electrons. The minimum atomic E-state index is -0.331. The zero-order valence-corrected chi connectivity index (χ0v) is 12.3. The standard InChI is InChI=1S/C16H21FN4/c1-21-7-3-4-11(10-21)9-20-16-13(17)8-14(18)12-5-2-6-19-15(12)16/h2,5-6,8,11,20H,3-4,7,9-10,18H2,1H3. The van der Waals surface area contributed by atoms with Gasteiger partial charge in [0.2, 0.25) is 0 Å². The van der Waals surface area contributed by atoms with Crippen LogP contribution in [0.3, 0.4) is 0 Å². The maximum absolute atomic E-state index is 14.2. The molecule has 1 fully saturated rings. The van der Waals surface area contributed by atoms with Crippen molar-refractivity contribution < 1.29 is 4.39 Å². The second-order valence-corrected chi connectivity index (χ2v) is 5.87. The van der Waals surface area contributed by atoms with E-state index in [-0.39, 0.29) is 5.82 Å². The molecule has 1 aliphatic rings. The number of nitrogens with one attached hydrogen (secondary N) is 1. The van der Waals surface area contributed by atoms with Crippen LogP contribution in [0.25, 0.3) is 10.9 Å². The minimum absolute atomic E-state index is 0.331. The molecule has 5 heteroatoms. The van der Waals surface area contributed by atoms with Crippen LogP contribution < -0.4 is 11.1 Å². The maximum Gasteiger partial charge on any atom is 0.150 e. The number of rotatable bonds is 3. The van der Waals surface area contributed by atoms with Crippen molar-refractivity contribution in [3.05, 3.63) is 30.2 Å². The molecule has 1 aromatic heterocycles. The van der Waals surface area contributed by atoms with Crippen LogP contribution in [0.5, 0.6) is 0 Å². The Kier molecular flexibility index (Phi) is 3.92. The van der Waals surface area contributed by atoms with Gasteiger partial charge in [-0.1, -0.05) is 0 Å². The van der Waals surface area contributed by atoms with Gasteiger partial charge >= 0.3 is 0 Å². The first kappa shape index (κ1) is 14.1. The summed E-state index contributed by atoms with van der Waals surface area (Å²) < 4.78 is 14.2. The van der Waals surface area contributed by atoms with E-state index >= 15 is 0 Å². The minimum Gasteiger partial charge on any atom is -0.398 e. The zero-order chi connectivity index (χ0) is 14.8. The summed E-state index contributed by atoms with van der Waals surface area (Å²) in [7, 11) is 2.13. The predicted molar refractivity (Wildman–Crippen MR) is 84.8 cm³/mol. The first-order chi connectivity index (χ1) is 10.1. The van der Waals surface area contributed by atoms with Crippen molar-refractivity contribution in [2.24, 2.45) is 5.92 Å². The summed E-state index contributed by atoms with van der Waals surface area (Å²) >= 11 is 0. The van der Waals surface area contributed by atoms with Gasteiger partial charge in [0.1, 0.15) is 0 Å². The topological polar surface area (TPSA) is 54.2 Å². The van der Waals surface area contributed by atoms with Gasteiger partial charge in [0.25, 0.3) is 0 Å². The molecule has 1 atom stereocenters. The number of pyridine rings is 1. The van der Waals surface area contributed by atoms with Gasteiger partial charge in [-0.3, -0.25) is 4.98 Å². The number of halogens is 1. The third kappa shape index (κ3) is 2.93. The van der Waals surface area contributed by atoms with Crippen LogP contribution in [-0.4, -0.2) is 36.6 Å². The molecule has 3 rings (SSSR count). The lowest BCUT2D eigenvalue weighted by Gasteiger charge is -2.30. The number of fused-ring (bicyclic) bond motifs is 1. The fraction of sp³-hybridized carbons (Fsp3) is 0.438. The van der Waals surface area contributed by atoms with Crippen LogP contribution in [0.15, 0.2) is 24.4 Å². The SMILES string of the molecule is CN1CCCC(CNc2c(F)cc(N)c3cccnc23)C1. The van der Waals surface area contributed by atoms with Gasteiger partial charge in [0, 0.05) is 30.4 Å². The van der Waals surface area contributed by atoms with Crippen LogP contribution in [0.4, 0.5) is 15.8 Å². The lowest BCUT2D eigenvalue weighted by Crippen LogP contribution is -2.35. The maximum atomic E-state index is 14.2. The molecule has 0 bridgehead atoms. The molecule has 2 heterocycles. The van der Waals surface area contributed by atoms with Crippen LogP contribution in [0, 0.1) is 11.7 Å². The Balaban J connectivity index is 1.83. The molecule has 2 aromatic rings. The molecule has 0 spiro atoms. The van der Waals surface area contributed by atoms with Crippen LogP contribution in [0.1, 0.15) is 12.8 Å². The van der Waals surface area contributed by atoms with E-state index < -0.39 is 0 Å². The average Bonchev–Trinajstić information content (AvgIpc) is 2.47. The number of nitrogen functional groups attached to an aromatic ring is 1. The smallest absolute Gasteiger partial charge is 0.150 e. The Morgan fingerprint density at radius 1 is 1.52 bits per heavy atom. The summed E-state index contributed by atoms with van der Waals surface area (Å²) in [5.74, 6) is 0.210. The van der Waals surface area contributed by atoms with E-state index in [9.17, 15) is 4.39 Å². The first-order valence-corrected chi connectivity index (χ1v) is 7.40. The second-order valence-electron chi connectivity index (χ2n) is 5.87. The molecule has 0 aliphatic carbocycles. The fourth-order valence-corrected chi connectivity index (χ4v) is 3.09. The molecule has 112 valence electrons. The largest absolute Gasteiger partial charge is 0.398 e. The normalized spacial score (nSPS) is 19.8. The van der Waals surface area contributed by atoms with Crippen molar-refractivity contribution in [3.63, 3.8) is 0 Å². The van der Waals surface area contributed by atoms with Gasteiger partial charge < -0.3 is 16.0 Å². The van der Waals surface area contributed by atoms with E-state index in [4.69, 9.17) is 5.73 Å². The number of hydrogen-bond donors (Lipinski definition) is 2. The Bertz CT molecular complexity index is 643. The highest BCUT2D eigenvalue weighted by Crippen LogP contribution is 2.30. The lowest BCUT2D eigenvalue weighted by molar-refractivity contribution is 0.217. The van der Waals surface area contributed by atoms with Crippen molar-refractivity contribution in [1.29, 1.82) is 0 Å². The van der Waals surface area contributed by atoms with Crippen molar-refractivity contribution in [2.75, 3.05) is 37.7 Å². The molecule has 0 amide bonds. The number of anilines is 2. The van der Waals surface area contributed by atoms with E-state index in [2.05, 4.69) is 22.2 Å². The van der Waals surface area contributed by atoms with E-state index in [1.807, 2.05) is 12.1 Å². The Hall–Kier alpha value is -1.88. The van der Waals surface area contributed by atoms with Gasteiger partial charge in [-0.25, -0.2) is 4.39 Å². The molecule has 1 aromatic carbocycles. The van der Waals surface area contributed by atoms with Gasteiger partial charge in [0.05, 0.1) is 11.2 Å².